The number of carbonyl (C=O) groups is 2. The average Bonchev–Trinajstić information content (AvgIpc) is 2.67. The standard InChI is InChI=1S/C23H24N4O2/c1-15(28)16-10-12-18(13-11-16)24-22(29)19-14-20(27-23(2,3)4)26-21(25-19)17-8-6-5-7-9-17/h5-14H,1-4H3,(H,24,29)(H,25,26,27). The van der Waals surface area contributed by atoms with Crippen LogP contribution in [0.2, 0.25) is 0 Å². The van der Waals surface area contributed by atoms with Crippen LogP contribution < -0.4 is 10.6 Å². The molecule has 0 bridgehead atoms. The van der Waals surface area contributed by atoms with Crippen molar-refractivity contribution in [2.24, 2.45) is 0 Å². The van der Waals surface area contributed by atoms with Gasteiger partial charge in [-0.3, -0.25) is 9.59 Å². The first-order chi connectivity index (χ1) is 13.7. The molecule has 148 valence electrons. The van der Waals surface area contributed by atoms with Crippen molar-refractivity contribution in [3.63, 3.8) is 0 Å². The summed E-state index contributed by atoms with van der Waals surface area (Å²) in [6.07, 6.45) is 0. The molecule has 2 N–H and O–H groups in total. The second-order valence-corrected chi connectivity index (χ2v) is 7.79. The Morgan fingerprint density at radius 3 is 2.14 bits per heavy atom. The molecular weight excluding hydrogens is 364 g/mol. The number of carbonyl (C=O) groups excluding carboxylic acids is 2. The van der Waals surface area contributed by atoms with E-state index in [0.29, 0.717) is 22.9 Å². The minimum atomic E-state index is -0.350. The number of hydrogen-bond acceptors (Lipinski definition) is 5. The highest BCUT2D eigenvalue weighted by Crippen LogP contribution is 2.21. The zero-order valence-corrected chi connectivity index (χ0v) is 17.0. The van der Waals surface area contributed by atoms with Crippen LogP contribution in [-0.4, -0.2) is 27.2 Å². The Morgan fingerprint density at radius 2 is 1.55 bits per heavy atom. The highest BCUT2D eigenvalue weighted by molar-refractivity contribution is 6.04. The molecule has 0 atom stereocenters. The Balaban J connectivity index is 1.92. The number of rotatable bonds is 5. The van der Waals surface area contributed by atoms with E-state index in [1.807, 2.05) is 51.1 Å². The SMILES string of the molecule is CC(=O)c1ccc(NC(=O)c2cc(NC(C)(C)C)nc(-c3ccccc3)n2)cc1. The van der Waals surface area contributed by atoms with E-state index in [9.17, 15) is 9.59 Å². The fourth-order valence-corrected chi connectivity index (χ4v) is 2.71. The maximum Gasteiger partial charge on any atom is 0.274 e. The van der Waals surface area contributed by atoms with Crippen LogP contribution in [0.5, 0.6) is 0 Å². The van der Waals surface area contributed by atoms with Crippen molar-refractivity contribution < 1.29 is 9.59 Å². The zero-order chi connectivity index (χ0) is 21.0. The Hall–Kier alpha value is -3.54. The number of aromatic nitrogens is 2. The van der Waals surface area contributed by atoms with Crippen molar-refractivity contribution in [2.45, 2.75) is 33.2 Å². The smallest absolute Gasteiger partial charge is 0.274 e. The van der Waals surface area contributed by atoms with E-state index in [-0.39, 0.29) is 22.9 Å². The summed E-state index contributed by atoms with van der Waals surface area (Å²) >= 11 is 0. The molecule has 0 aliphatic heterocycles. The number of benzene rings is 2. The number of nitrogens with one attached hydrogen (secondary N) is 2. The lowest BCUT2D eigenvalue weighted by Gasteiger charge is -2.22. The zero-order valence-electron chi connectivity index (χ0n) is 17.0. The van der Waals surface area contributed by atoms with E-state index in [1.165, 1.54) is 6.92 Å². The summed E-state index contributed by atoms with van der Waals surface area (Å²) in [6.45, 7) is 7.57. The van der Waals surface area contributed by atoms with Gasteiger partial charge in [-0.1, -0.05) is 30.3 Å². The largest absolute Gasteiger partial charge is 0.365 e. The van der Waals surface area contributed by atoms with E-state index in [4.69, 9.17) is 0 Å². The number of Topliss-reactive ketones (excluding diaryl/α,β-unsaturated/α-hetero) is 1. The van der Waals surface area contributed by atoms with Crippen molar-refractivity contribution >= 4 is 23.2 Å². The quantitative estimate of drug-likeness (QED) is 0.613. The minimum absolute atomic E-state index is 0.0240. The van der Waals surface area contributed by atoms with Crippen LogP contribution in [-0.2, 0) is 0 Å². The van der Waals surface area contributed by atoms with Crippen molar-refractivity contribution in [1.29, 1.82) is 0 Å². The number of hydrogen-bond donors (Lipinski definition) is 2. The molecule has 29 heavy (non-hydrogen) atoms. The van der Waals surface area contributed by atoms with Gasteiger partial charge < -0.3 is 10.6 Å². The second kappa shape index (κ2) is 8.22. The van der Waals surface area contributed by atoms with Gasteiger partial charge in [-0.2, -0.15) is 0 Å². The van der Waals surface area contributed by atoms with E-state index < -0.39 is 0 Å². The molecule has 0 aliphatic carbocycles. The van der Waals surface area contributed by atoms with Crippen LogP contribution in [0.25, 0.3) is 11.4 Å². The molecule has 0 radical (unpaired) electrons. The molecule has 0 saturated carbocycles. The van der Waals surface area contributed by atoms with Gasteiger partial charge in [0, 0.05) is 28.4 Å². The van der Waals surface area contributed by atoms with Crippen LogP contribution in [0.3, 0.4) is 0 Å². The third-order valence-corrected chi connectivity index (χ3v) is 4.04. The topological polar surface area (TPSA) is 84.0 Å². The molecule has 0 aliphatic rings. The molecule has 6 heteroatoms. The summed E-state index contributed by atoms with van der Waals surface area (Å²) in [5, 5.41) is 6.13. The molecule has 0 spiro atoms. The van der Waals surface area contributed by atoms with Crippen LogP contribution in [0.1, 0.15) is 48.5 Å². The van der Waals surface area contributed by atoms with Gasteiger partial charge in [-0.25, -0.2) is 9.97 Å². The van der Waals surface area contributed by atoms with Crippen LogP contribution in [0.15, 0.2) is 60.7 Å². The van der Waals surface area contributed by atoms with Gasteiger partial charge in [-0.15, -0.1) is 0 Å². The van der Waals surface area contributed by atoms with E-state index >= 15 is 0 Å². The van der Waals surface area contributed by atoms with Crippen LogP contribution in [0.4, 0.5) is 11.5 Å². The molecule has 1 amide bonds. The van der Waals surface area contributed by atoms with Crippen molar-refractivity contribution in [3.05, 3.63) is 71.9 Å². The first-order valence-corrected chi connectivity index (χ1v) is 9.36. The summed E-state index contributed by atoms with van der Waals surface area (Å²) < 4.78 is 0. The first kappa shape index (κ1) is 20.2. The normalized spacial score (nSPS) is 11.0. The monoisotopic (exact) mass is 388 g/mol. The molecule has 1 aromatic heterocycles. The summed E-state index contributed by atoms with van der Waals surface area (Å²) in [4.78, 5) is 33.3. The second-order valence-electron chi connectivity index (χ2n) is 7.79. The number of ketones is 1. The van der Waals surface area contributed by atoms with Gasteiger partial charge in [0.25, 0.3) is 5.91 Å². The summed E-state index contributed by atoms with van der Waals surface area (Å²) in [5.74, 6) is 0.668. The number of nitrogens with zero attached hydrogens (tertiary/aromatic N) is 2. The minimum Gasteiger partial charge on any atom is -0.365 e. The third-order valence-electron chi connectivity index (χ3n) is 4.04. The van der Waals surface area contributed by atoms with Crippen molar-refractivity contribution in [1.82, 2.24) is 9.97 Å². The van der Waals surface area contributed by atoms with Crippen molar-refractivity contribution in [3.8, 4) is 11.4 Å². The van der Waals surface area contributed by atoms with Gasteiger partial charge >= 0.3 is 0 Å². The lowest BCUT2D eigenvalue weighted by Crippen LogP contribution is -2.27. The predicted molar refractivity (Wildman–Crippen MR) is 115 cm³/mol. The van der Waals surface area contributed by atoms with Gasteiger partial charge in [0.05, 0.1) is 0 Å². The van der Waals surface area contributed by atoms with Gasteiger partial charge in [0.2, 0.25) is 0 Å². The number of anilines is 2. The fraction of sp³-hybridized carbons (Fsp3) is 0.217. The lowest BCUT2D eigenvalue weighted by atomic mass is 10.1. The molecule has 0 fully saturated rings. The molecule has 6 nitrogen and oxygen atoms in total. The molecule has 2 aromatic carbocycles. The van der Waals surface area contributed by atoms with Crippen LogP contribution in [0, 0.1) is 0 Å². The first-order valence-electron chi connectivity index (χ1n) is 9.36. The molecule has 0 saturated heterocycles. The van der Waals surface area contributed by atoms with Gasteiger partial charge in [0.1, 0.15) is 11.5 Å². The molecule has 3 aromatic rings. The highest BCUT2D eigenvalue weighted by Gasteiger charge is 2.17. The van der Waals surface area contributed by atoms with Crippen molar-refractivity contribution in [2.75, 3.05) is 10.6 Å². The van der Waals surface area contributed by atoms with Crippen LogP contribution >= 0.6 is 0 Å². The molecular formula is C23H24N4O2. The van der Waals surface area contributed by atoms with E-state index in [0.717, 1.165) is 5.56 Å². The Kier molecular flexibility index (Phi) is 5.73. The summed E-state index contributed by atoms with van der Waals surface area (Å²) in [6, 6.07) is 17.9. The summed E-state index contributed by atoms with van der Waals surface area (Å²) in [7, 11) is 0. The lowest BCUT2D eigenvalue weighted by molar-refractivity contribution is 0.101. The Bertz CT molecular complexity index is 1020. The molecule has 1 heterocycles. The van der Waals surface area contributed by atoms with E-state index in [1.54, 1.807) is 30.3 Å². The van der Waals surface area contributed by atoms with E-state index in [2.05, 4.69) is 20.6 Å². The average molecular weight is 388 g/mol. The van der Waals surface area contributed by atoms with Gasteiger partial charge in [-0.05, 0) is 52.0 Å². The molecule has 0 unspecified atom stereocenters. The third kappa shape index (κ3) is 5.48. The van der Waals surface area contributed by atoms with Gasteiger partial charge in [0.15, 0.2) is 11.6 Å². The fourth-order valence-electron chi connectivity index (χ4n) is 2.71. The Morgan fingerprint density at radius 1 is 0.897 bits per heavy atom. The Labute approximate surface area is 170 Å². The predicted octanol–water partition coefficient (Wildman–Crippen LogP) is 4.81. The summed E-state index contributed by atoms with van der Waals surface area (Å²) in [5.41, 5.74) is 2.03. The highest BCUT2D eigenvalue weighted by atomic mass is 16.2. The number of amides is 1. The maximum atomic E-state index is 12.8. The maximum absolute atomic E-state index is 12.8. The molecule has 3 rings (SSSR count).